The number of azide groups is 1. The Hall–Kier alpha value is -1.01. The molecule has 0 bridgehead atoms. The zero-order chi connectivity index (χ0) is 20.5. The van der Waals surface area contributed by atoms with E-state index >= 15 is 0 Å². The van der Waals surface area contributed by atoms with Crippen LogP contribution < -0.4 is 0 Å². The molecule has 0 saturated heterocycles. The maximum absolute atomic E-state index is 8.61. The van der Waals surface area contributed by atoms with Gasteiger partial charge in [0.2, 0.25) is 0 Å². The minimum absolute atomic E-state index is 0.270. The second kappa shape index (κ2) is 24.0. The van der Waals surface area contributed by atoms with Gasteiger partial charge in [-0.2, -0.15) is 0 Å². The fraction of sp³-hybridized carbons (Fsp3) is 1.00. The lowest BCUT2D eigenvalue weighted by Crippen LogP contribution is -2.22. The van der Waals surface area contributed by atoms with Gasteiger partial charge in [-0.05, 0) is 5.53 Å². The van der Waals surface area contributed by atoms with E-state index in [-0.39, 0.29) is 19.3 Å². The van der Waals surface area contributed by atoms with E-state index in [1.807, 2.05) is 0 Å². The van der Waals surface area contributed by atoms with Gasteiger partial charge in [-0.25, -0.2) is 0 Å². The van der Waals surface area contributed by atoms with Crippen molar-refractivity contribution in [1.82, 2.24) is 0 Å². The van der Waals surface area contributed by atoms with Gasteiger partial charge >= 0.3 is 0 Å². The van der Waals surface area contributed by atoms with Crippen molar-refractivity contribution in [3.63, 3.8) is 0 Å². The molecule has 0 spiro atoms. The van der Waals surface area contributed by atoms with Crippen LogP contribution in [0.1, 0.15) is 0 Å². The molecule has 0 rings (SSSR count). The van der Waals surface area contributed by atoms with Crippen LogP contribution in [-0.2, 0) is 37.9 Å². The summed E-state index contributed by atoms with van der Waals surface area (Å²) in [5, 5.41) is 3.66. The first-order valence-corrected chi connectivity index (χ1v) is 9.33. The first kappa shape index (κ1) is 27.0. The molecule has 0 aliphatic carbocycles. The molecule has 11 nitrogen and oxygen atoms in total. The Labute approximate surface area is 167 Å². The van der Waals surface area contributed by atoms with Crippen molar-refractivity contribution in [3.05, 3.63) is 10.4 Å². The molecule has 0 radical (unpaired) electrons. The third kappa shape index (κ3) is 21.3. The van der Waals surface area contributed by atoms with Gasteiger partial charge in [0, 0.05) is 19.1 Å². The summed E-state index contributed by atoms with van der Waals surface area (Å²) in [4.78, 5) is 2.81. The molecule has 0 aliphatic heterocycles. The highest BCUT2D eigenvalue weighted by Crippen LogP contribution is 1.96. The van der Waals surface area contributed by atoms with E-state index in [9.17, 15) is 0 Å². The molecule has 0 atom stereocenters. The third-order valence-electron chi connectivity index (χ3n) is 3.19. The van der Waals surface area contributed by atoms with Crippen LogP contribution >= 0.6 is 0 Å². The van der Waals surface area contributed by atoms with Gasteiger partial charge in [0.1, 0.15) is 0 Å². The van der Waals surface area contributed by atoms with E-state index in [2.05, 4.69) is 10.0 Å². The summed E-state index contributed by atoms with van der Waals surface area (Å²) in [6, 6.07) is -0.389. The normalized spacial score (nSPS) is 11.1. The van der Waals surface area contributed by atoms with Gasteiger partial charge in [0.15, 0.2) is 0 Å². The standard InChI is InChI=1S/C17H35N3O8/c1-21-3-5-23-7-9-25-11-13-27-15-17(19-20-18)16-28-14-12-26-10-8-24-6-4-22-2/h17H,3-16H2,1-2H3. The van der Waals surface area contributed by atoms with Gasteiger partial charge in [-0.1, -0.05) is 5.11 Å². The lowest BCUT2D eigenvalue weighted by molar-refractivity contribution is -0.0110. The van der Waals surface area contributed by atoms with E-state index in [4.69, 9.17) is 43.4 Å². The van der Waals surface area contributed by atoms with Gasteiger partial charge in [0.25, 0.3) is 0 Å². The fourth-order valence-corrected chi connectivity index (χ4v) is 1.79. The average molecular weight is 409 g/mol. The van der Waals surface area contributed by atoms with Crippen molar-refractivity contribution in [3.8, 4) is 0 Å². The van der Waals surface area contributed by atoms with E-state index in [1.54, 1.807) is 14.2 Å². The van der Waals surface area contributed by atoms with Crippen molar-refractivity contribution in [2.75, 3.05) is 107 Å². The number of methoxy groups -OCH3 is 2. The predicted octanol–water partition coefficient (Wildman–Crippen LogP) is 1.06. The second-order valence-corrected chi connectivity index (χ2v) is 5.44. The molecule has 0 aliphatic rings. The van der Waals surface area contributed by atoms with Crippen molar-refractivity contribution >= 4 is 0 Å². The summed E-state index contributed by atoms with van der Waals surface area (Å²) in [6.07, 6.45) is 0. The SMILES string of the molecule is COCCOCCOCCOCC(COCCOCCOCCOC)N=[N+]=[N-]. The monoisotopic (exact) mass is 409 g/mol. The largest absolute Gasteiger partial charge is 0.382 e. The third-order valence-corrected chi connectivity index (χ3v) is 3.19. The zero-order valence-corrected chi connectivity index (χ0v) is 17.1. The summed E-state index contributed by atoms with van der Waals surface area (Å²) in [5.74, 6) is 0. The molecule has 166 valence electrons. The minimum Gasteiger partial charge on any atom is -0.382 e. The highest BCUT2D eigenvalue weighted by molar-refractivity contribution is 4.65. The number of hydrogen-bond acceptors (Lipinski definition) is 9. The summed E-state index contributed by atoms with van der Waals surface area (Å²) in [7, 11) is 3.25. The zero-order valence-electron chi connectivity index (χ0n) is 17.1. The molecule has 28 heavy (non-hydrogen) atoms. The Morgan fingerprint density at radius 2 is 0.893 bits per heavy atom. The average Bonchev–Trinajstić information content (AvgIpc) is 2.70. The molecule has 0 fully saturated rings. The molecular formula is C17H35N3O8. The van der Waals surface area contributed by atoms with Crippen molar-refractivity contribution in [2.24, 2.45) is 5.11 Å². The van der Waals surface area contributed by atoms with Crippen LogP contribution in [0.25, 0.3) is 10.4 Å². The topological polar surface area (TPSA) is 123 Å². The van der Waals surface area contributed by atoms with E-state index in [1.165, 1.54) is 0 Å². The van der Waals surface area contributed by atoms with Gasteiger partial charge in [0.05, 0.1) is 98.5 Å². The first-order valence-electron chi connectivity index (χ1n) is 9.33. The molecule has 0 aromatic heterocycles. The lowest BCUT2D eigenvalue weighted by atomic mass is 10.3. The summed E-state index contributed by atoms with van der Waals surface area (Å²) in [5.41, 5.74) is 8.61. The van der Waals surface area contributed by atoms with Crippen LogP contribution in [0.2, 0.25) is 0 Å². The smallest absolute Gasteiger partial charge is 0.0841 e. The molecule has 0 N–H and O–H groups in total. The molecule has 11 heteroatoms. The molecule has 0 heterocycles. The maximum Gasteiger partial charge on any atom is 0.0841 e. The lowest BCUT2D eigenvalue weighted by Gasteiger charge is -2.13. The van der Waals surface area contributed by atoms with Crippen LogP contribution in [0.3, 0.4) is 0 Å². The van der Waals surface area contributed by atoms with Crippen LogP contribution in [0, 0.1) is 0 Å². The Kier molecular flexibility index (Phi) is 23.2. The molecule has 0 aromatic rings. The van der Waals surface area contributed by atoms with Crippen LogP contribution in [0.5, 0.6) is 0 Å². The number of ether oxygens (including phenoxy) is 8. The van der Waals surface area contributed by atoms with Crippen LogP contribution in [-0.4, -0.2) is 113 Å². The summed E-state index contributed by atoms with van der Waals surface area (Å²) >= 11 is 0. The van der Waals surface area contributed by atoms with E-state index in [0.717, 1.165) is 0 Å². The quantitative estimate of drug-likeness (QED) is 0.106. The van der Waals surface area contributed by atoms with Crippen molar-refractivity contribution < 1.29 is 37.9 Å². The highest BCUT2D eigenvalue weighted by Gasteiger charge is 2.07. The maximum atomic E-state index is 8.61. The second-order valence-electron chi connectivity index (χ2n) is 5.44. The molecular weight excluding hydrogens is 374 g/mol. The molecule has 0 unspecified atom stereocenters. The van der Waals surface area contributed by atoms with Crippen molar-refractivity contribution in [1.29, 1.82) is 0 Å². The van der Waals surface area contributed by atoms with Crippen molar-refractivity contribution in [2.45, 2.75) is 6.04 Å². The minimum atomic E-state index is -0.389. The number of hydrogen-bond donors (Lipinski definition) is 0. The predicted molar refractivity (Wildman–Crippen MR) is 102 cm³/mol. The summed E-state index contributed by atoms with van der Waals surface area (Å²) < 4.78 is 41.9. The Bertz CT molecular complexity index is 335. The Balaban J connectivity index is 3.45. The Morgan fingerprint density at radius 1 is 0.571 bits per heavy atom. The van der Waals surface area contributed by atoms with Gasteiger partial charge in [-0.3, -0.25) is 0 Å². The van der Waals surface area contributed by atoms with Crippen LogP contribution in [0.4, 0.5) is 0 Å². The number of rotatable bonds is 23. The highest BCUT2D eigenvalue weighted by atomic mass is 16.6. The Morgan fingerprint density at radius 3 is 1.21 bits per heavy atom. The van der Waals surface area contributed by atoms with E-state index in [0.29, 0.717) is 79.3 Å². The molecule has 0 amide bonds. The van der Waals surface area contributed by atoms with Gasteiger partial charge in [-0.15, -0.1) is 0 Å². The fourth-order valence-electron chi connectivity index (χ4n) is 1.79. The first-order chi connectivity index (χ1) is 13.8. The van der Waals surface area contributed by atoms with Crippen LogP contribution in [0.15, 0.2) is 5.11 Å². The van der Waals surface area contributed by atoms with Gasteiger partial charge < -0.3 is 37.9 Å². The molecule has 0 aromatic carbocycles. The molecule has 0 saturated carbocycles. The van der Waals surface area contributed by atoms with E-state index < -0.39 is 0 Å². The number of nitrogens with zero attached hydrogens (tertiary/aromatic N) is 3. The summed E-state index contributed by atoms with van der Waals surface area (Å²) in [6.45, 7) is 6.50.